The fourth-order valence-corrected chi connectivity index (χ4v) is 1.26. The summed E-state index contributed by atoms with van der Waals surface area (Å²) in [4.78, 5) is 11.3. The number of hydrogen-bond acceptors (Lipinski definition) is 3. The van der Waals surface area contributed by atoms with Gasteiger partial charge in [0.05, 0.1) is 19.8 Å². The fourth-order valence-electron chi connectivity index (χ4n) is 1.26. The molecule has 0 aromatic heterocycles. The predicted octanol–water partition coefficient (Wildman–Crippen LogP) is 2.71. The molecule has 1 rings (SSSR count). The summed E-state index contributed by atoms with van der Waals surface area (Å²) in [5.41, 5.74) is 1.70. The molecule has 0 atom stereocenters. The highest BCUT2D eigenvalue weighted by molar-refractivity contribution is 5.87. The smallest absolute Gasteiger partial charge is 0.333 e. The molecule has 0 fully saturated rings. The Morgan fingerprint density at radius 2 is 2.00 bits per heavy atom. The zero-order valence-corrected chi connectivity index (χ0v) is 10.3. The minimum Gasteiger partial charge on any atom is -0.463 e. The molecule has 17 heavy (non-hydrogen) atoms. The summed E-state index contributed by atoms with van der Waals surface area (Å²) in [6, 6.07) is 9.91. The number of carbonyl (C=O) groups excluding carboxylic acids is 1. The predicted molar refractivity (Wildman–Crippen MR) is 66.5 cm³/mol. The summed E-state index contributed by atoms with van der Waals surface area (Å²) in [5.74, 6) is -0.282. The molecule has 3 heteroatoms. The van der Waals surface area contributed by atoms with E-state index in [1.165, 1.54) is 0 Å². The van der Waals surface area contributed by atoms with Crippen LogP contribution in [0.4, 0.5) is 0 Å². The number of benzene rings is 1. The number of rotatable bonds is 6. The molecule has 0 aliphatic carbocycles. The van der Waals surface area contributed by atoms with Gasteiger partial charge < -0.3 is 9.47 Å². The molecule has 0 amide bonds. The quantitative estimate of drug-likeness (QED) is 0.431. The second-order valence-corrected chi connectivity index (χ2v) is 3.61. The van der Waals surface area contributed by atoms with Gasteiger partial charge in [0.1, 0.15) is 0 Å². The molecule has 0 saturated carbocycles. The SMILES string of the molecule is CCOC(=O)C(C)=CCOCc1ccccc1. The summed E-state index contributed by atoms with van der Waals surface area (Å²) >= 11 is 0. The molecule has 0 aliphatic rings. The maximum Gasteiger partial charge on any atom is 0.333 e. The van der Waals surface area contributed by atoms with E-state index in [2.05, 4.69) is 0 Å². The van der Waals surface area contributed by atoms with Gasteiger partial charge >= 0.3 is 5.97 Å². The van der Waals surface area contributed by atoms with Gasteiger partial charge in [-0.15, -0.1) is 0 Å². The standard InChI is InChI=1S/C14H18O3/c1-3-17-14(15)12(2)9-10-16-11-13-7-5-4-6-8-13/h4-9H,3,10-11H2,1-2H3. The van der Waals surface area contributed by atoms with Gasteiger partial charge in [0, 0.05) is 5.57 Å². The van der Waals surface area contributed by atoms with E-state index < -0.39 is 0 Å². The average molecular weight is 234 g/mol. The minimum absolute atomic E-state index is 0.282. The Morgan fingerprint density at radius 3 is 2.65 bits per heavy atom. The number of ether oxygens (including phenoxy) is 2. The molecule has 0 bridgehead atoms. The van der Waals surface area contributed by atoms with Crippen molar-refractivity contribution in [1.29, 1.82) is 0 Å². The van der Waals surface area contributed by atoms with E-state index in [1.807, 2.05) is 30.3 Å². The van der Waals surface area contributed by atoms with Crippen molar-refractivity contribution in [3.63, 3.8) is 0 Å². The molecule has 0 unspecified atom stereocenters. The molecule has 0 radical (unpaired) electrons. The first-order chi connectivity index (χ1) is 8.24. The number of esters is 1. The van der Waals surface area contributed by atoms with Crippen LogP contribution in [0.3, 0.4) is 0 Å². The summed E-state index contributed by atoms with van der Waals surface area (Å²) < 4.78 is 10.3. The summed E-state index contributed by atoms with van der Waals surface area (Å²) in [7, 11) is 0. The summed E-state index contributed by atoms with van der Waals surface area (Å²) in [6.07, 6.45) is 1.74. The molecule has 92 valence electrons. The monoisotopic (exact) mass is 234 g/mol. The Hall–Kier alpha value is -1.61. The normalized spacial score (nSPS) is 11.3. The third kappa shape index (κ3) is 5.31. The van der Waals surface area contributed by atoms with Gasteiger partial charge in [-0.05, 0) is 25.5 Å². The lowest BCUT2D eigenvalue weighted by atomic mass is 10.2. The molecule has 0 heterocycles. The molecular weight excluding hydrogens is 216 g/mol. The zero-order valence-electron chi connectivity index (χ0n) is 10.3. The van der Waals surface area contributed by atoms with Crippen molar-refractivity contribution in [3.8, 4) is 0 Å². The largest absolute Gasteiger partial charge is 0.463 e. The van der Waals surface area contributed by atoms with Crippen molar-refractivity contribution in [1.82, 2.24) is 0 Å². The molecule has 1 aromatic carbocycles. The van der Waals surface area contributed by atoms with Gasteiger partial charge in [-0.25, -0.2) is 4.79 Å². The van der Waals surface area contributed by atoms with Crippen LogP contribution in [-0.2, 0) is 20.9 Å². The highest BCUT2D eigenvalue weighted by Crippen LogP contribution is 2.01. The van der Waals surface area contributed by atoms with E-state index in [-0.39, 0.29) is 5.97 Å². The Balaban J connectivity index is 2.28. The Kier molecular flexibility index (Phi) is 6.04. The summed E-state index contributed by atoms with van der Waals surface area (Å²) in [6.45, 7) is 4.88. The second-order valence-electron chi connectivity index (χ2n) is 3.61. The van der Waals surface area contributed by atoms with Gasteiger partial charge in [-0.3, -0.25) is 0 Å². The van der Waals surface area contributed by atoms with Crippen molar-refractivity contribution in [3.05, 3.63) is 47.5 Å². The lowest BCUT2D eigenvalue weighted by Gasteiger charge is -2.03. The molecule has 0 aliphatic heterocycles. The van der Waals surface area contributed by atoms with Crippen LogP contribution in [-0.4, -0.2) is 19.2 Å². The Labute approximate surface area is 102 Å². The van der Waals surface area contributed by atoms with Crippen molar-refractivity contribution < 1.29 is 14.3 Å². The topological polar surface area (TPSA) is 35.5 Å². The average Bonchev–Trinajstić information content (AvgIpc) is 2.36. The summed E-state index contributed by atoms with van der Waals surface area (Å²) in [5, 5.41) is 0. The first-order valence-electron chi connectivity index (χ1n) is 5.69. The van der Waals surface area contributed by atoms with Crippen LogP contribution in [0.25, 0.3) is 0 Å². The Bertz CT molecular complexity index is 368. The zero-order chi connectivity index (χ0) is 12.5. The van der Waals surface area contributed by atoms with Crippen LogP contribution in [0.1, 0.15) is 19.4 Å². The van der Waals surface area contributed by atoms with Gasteiger partial charge in [-0.2, -0.15) is 0 Å². The van der Waals surface area contributed by atoms with Crippen LogP contribution in [0, 0.1) is 0 Å². The maximum atomic E-state index is 11.3. The first kappa shape index (κ1) is 13.5. The van der Waals surface area contributed by atoms with E-state index in [1.54, 1.807) is 19.9 Å². The molecule has 0 saturated heterocycles. The van der Waals surface area contributed by atoms with E-state index in [4.69, 9.17) is 9.47 Å². The lowest BCUT2D eigenvalue weighted by molar-refractivity contribution is -0.138. The van der Waals surface area contributed by atoms with Gasteiger partial charge in [-0.1, -0.05) is 30.3 Å². The maximum absolute atomic E-state index is 11.3. The first-order valence-corrected chi connectivity index (χ1v) is 5.69. The molecule has 1 aromatic rings. The second kappa shape index (κ2) is 7.63. The van der Waals surface area contributed by atoms with E-state index in [0.717, 1.165) is 5.56 Å². The Morgan fingerprint density at radius 1 is 1.29 bits per heavy atom. The van der Waals surface area contributed by atoms with Crippen molar-refractivity contribution in [2.45, 2.75) is 20.5 Å². The van der Waals surface area contributed by atoms with Crippen LogP contribution in [0.15, 0.2) is 42.0 Å². The van der Waals surface area contributed by atoms with Crippen molar-refractivity contribution >= 4 is 5.97 Å². The third-order valence-electron chi connectivity index (χ3n) is 2.22. The van der Waals surface area contributed by atoms with Gasteiger partial charge in [0.15, 0.2) is 0 Å². The van der Waals surface area contributed by atoms with Crippen LogP contribution >= 0.6 is 0 Å². The van der Waals surface area contributed by atoms with Gasteiger partial charge in [0.25, 0.3) is 0 Å². The lowest BCUT2D eigenvalue weighted by Crippen LogP contribution is -2.06. The van der Waals surface area contributed by atoms with E-state index >= 15 is 0 Å². The van der Waals surface area contributed by atoms with E-state index in [0.29, 0.717) is 25.4 Å². The molecule has 3 nitrogen and oxygen atoms in total. The third-order valence-corrected chi connectivity index (χ3v) is 2.22. The molecular formula is C14H18O3. The highest BCUT2D eigenvalue weighted by Gasteiger charge is 2.02. The minimum atomic E-state index is -0.282. The number of hydrogen-bond donors (Lipinski definition) is 0. The van der Waals surface area contributed by atoms with Crippen LogP contribution in [0.2, 0.25) is 0 Å². The highest BCUT2D eigenvalue weighted by atomic mass is 16.5. The number of carbonyl (C=O) groups is 1. The van der Waals surface area contributed by atoms with Crippen LogP contribution in [0.5, 0.6) is 0 Å². The van der Waals surface area contributed by atoms with Crippen molar-refractivity contribution in [2.75, 3.05) is 13.2 Å². The van der Waals surface area contributed by atoms with E-state index in [9.17, 15) is 4.79 Å². The fraction of sp³-hybridized carbons (Fsp3) is 0.357. The molecule has 0 N–H and O–H groups in total. The van der Waals surface area contributed by atoms with Crippen LogP contribution < -0.4 is 0 Å². The van der Waals surface area contributed by atoms with Gasteiger partial charge in [0.2, 0.25) is 0 Å². The van der Waals surface area contributed by atoms with Crippen molar-refractivity contribution in [2.24, 2.45) is 0 Å². The molecule has 0 spiro atoms.